The summed E-state index contributed by atoms with van der Waals surface area (Å²) < 4.78 is 18.7. The molecule has 0 aliphatic carbocycles. The number of hydrogen-bond donors (Lipinski definition) is 1. The van der Waals surface area contributed by atoms with E-state index >= 15 is 0 Å². The summed E-state index contributed by atoms with van der Waals surface area (Å²) in [6, 6.07) is 5.68. The van der Waals surface area contributed by atoms with Gasteiger partial charge in [0, 0.05) is 12.3 Å². The van der Waals surface area contributed by atoms with Crippen molar-refractivity contribution in [2.45, 2.75) is 19.5 Å². The second kappa shape index (κ2) is 8.82. The summed E-state index contributed by atoms with van der Waals surface area (Å²) >= 11 is 6.07. The Labute approximate surface area is 169 Å². The Morgan fingerprint density at radius 2 is 2.24 bits per heavy atom. The third-order valence-electron chi connectivity index (χ3n) is 4.15. The van der Waals surface area contributed by atoms with E-state index in [-0.39, 0.29) is 41.2 Å². The molecule has 1 aromatic carbocycles. The molecule has 2 aromatic heterocycles. The van der Waals surface area contributed by atoms with Crippen molar-refractivity contribution in [1.29, 1.82) is 0 Å². The maximum Gasteiger partial charge on any atom is 0.295 e. The molecule has 1 unspecified atom stereocenters. The standard InChI is InChI=1S/C18H17ClFN5O4/c1-11(12-7-13(19)18(21-8-12)29-6-5-20)23-16(26)9-24-10-22-14-3-2-4-15(17(14)24)25(27)28/h2-4,7-8,10-11H,5-6,9H2,1H3,(H,23,26). The third-order valence-corrected chi connectivity index (χ3v) is 4.42. The Bertz CT molecular complexity index is 1060. The summed E-state index contributed by atoms with van der Waals surface area (Å²) in [6.07, 6.45) is 2.86. The average molecular weight is 422 g/mol. The van der Waals surface area contributed by atoms with Crippen LogP contribution in [-0.4, -0.2) is 38.6 Å². The van der Waals surface area contributed by atoms with Gasteiger partial charge in [0.2, 0.25) is 11.8 Å². The SMILES string of the molecule is CC(NC(=O)Cn1cnc2cccc([N+](=O)[O-])c21)c1cnc(OCCF)c(Cl)c1. The number of nitro groups is 1. The van der Waals surface area contributed by atoms with Crippen LogP contribution in [-0.2, 0) is 11.3 Å². The Balaban J connectivity index is 1.72. The van der Waals surface area contributed by atoms with E-state index in [0.29, 0.717) is 11.1 Å². The molecule has 9 nitrogen and oxygen atoms in total. The molecule has 1 N–H and O–H groups in total. The topological polar surface area (TPSA) is 112 Å². The molecule has 1 atom stereocenters. The first-order valence-corrected chi connectivity index (χ1v) is 9.00. The first-order valence-electron chi connectivity index (χ1n) is 8.62. The number of ether oxygens (including phenoxy) is 1. The summed E-state index contributed by atoms with van der Waals surface area (Å²) in [5.74, 6) is -0.257. The molecule has 0 aliphatic heterocycles. The highest BCUT2D eigenvalue weighted by Crippen LogP contribution is 2.26. The van der Waals surface area contributed by atoms with Crippen LogP contribution in [0.15, 0.2) is 36.8 Å². The molecule has 0 spiro atoms. The van der Waals surface area contributed by atoms with Crippen LogP contribution in [0.5, 0.6) is 5.88 Å². The molecule has 3 rings (SSSR count). The number of pyridine rings is 1. The predicted octanol–water partition coefficient (Wildman–Crippen LogP) is 3.22. The van der Waals surface area contributed by atoms with Gasteiger partial charge in [0.05, 0.1) is 22.8 Å². The largest absolute Gasteiger partial charge is 0.474 e. The summed E-state index contributed by atoms with van der Waals surface area (Å²) in [7, 11) is 0. The Kier molecular flexibility index (Phi) is 6.23. The number of para-hydroxylation sites is 1. The Hall–Kier alpha value is -3.27. The fourth-order valence-electron chi connectivity index (χ4n) is 2.82. The molecule has 1 amide bonds. The maximum atomic E-state index is 12.5. The molecule has 2 heterocycles. The number of carbonyl (C=O) groups excluding carboxylic acids is 1. The van der Waals surface area contributed by atoms with Crippen molar-refractivity contribution in [3.63, 3.8) is 0 Å². The van der Waals surface area contributed by atoms with Gasteiger partial charge in [-0.05, 0) is 24.6 Å². The summed E-state index contributed by atoms with van der Waals surface area (Å²) in [6.45, 7) is 0.781. The highest BCUT2D eigenvalue weighted by molar-refractivity contribution is 6.31. The van der Waals surface area contributed by atoms with E-state index in [0.717, 1.165) is 0 Å². The molecule has 29 heavy (non-hydrogen) atoms. The molecular formula is C18H17ClFN5O4. The number of benzene rings is 1. The quantitative estimate of drug-likeness (QED) is 0.441. The number of nitrogens with one attached hydrogen (secondary N) is 1. The van der Waals surface area contributed by atoms with E-state index < -0.39 is 17.6 Å². The van der Waals surface area contributed by atoms with Crippen molar-refractivity contribution in [2.24, 2.45) is 0 Å². The second-order valence-corrected chi connectivity index (χ2v) is 6.56. The minimum atomic E-state index is -0.659. The van der Waals surface area contributed by atoms with Gasteiger partial charge in [-0.1, -0.05) is 17.7 Å². The van der Waals surface area contributed by atoms with Crippen molar-refractivity contribution >= 4 is 34.2 Å². The minimum Gasteiger partial charge on any atom is -0.474 e. The number of nitrogens with zero attached hydrogens (tertiary/aromatic N) is 4. The molecule has 0 radical (unpaired) electrons. The lowest BCUT2D eigenvalue weighted by Gasteiger charge is -2.15. The molecule has 0 aliphatic rings. The molecule has 0 saturated heterocycles. The van der Waals surface area contributed by atoms with Crippen LogP contribution in [0.3, 0.4) is 0 Å². The molecule has 152 valence electrons. The van der Waals surface area contributed by atoms with Crippen LogP contribution in [0.2, 0.25) is 5.02 Å². The van der Waals surface area contributed by atoms with Crippen molar-refractivity contribution in [1.82, 2.24) is 19.9 Å². The third kappa shape index (κ3) is 4.60. The number of rotatable bonds is 8. The minimum absolute atomic E-state index is 0.115. The fourth-order valence-corrected chi connectivity index (χ4v) is 3.05. The first-order chi connectivity index (χ1) is 13.9. The first kappa shape index (κ1) is 20.5. The number of halogens is 2. The van der Waals surface area contributed by atoms with Crippen molar-refractivity contribution in [3.05, 3.63) is 57.5 Å². The van der Waals surface area contributed by atoms with Gasteiger partial charge in [0.15, 0.2) is 0 Å². The number of hydrogen-bond acceptors (Lipinski definition) is 6. The van der Waals surface area contributed by atoms with Crippen LogP contribution in [0.25, 0.3) is 11.0 Å². The number of amides is 1. The van der Waals surface area contributed by atoms with E-state index in [2.05, 4.69) is 15.3 Å². The molecule has 0 saturated carbocycles. The van der Waals surface area contributed by atoms with Crippen LogP contribution in [0.4, 0.5) is 10.1 Å². The van der Waals surface area contributed by atoms with E-state index in [9.17, 15) is 19.3 Å². The summed E-state index contributed by atoms with van der Waals surface area (Å²) in [4.78, 5) is 31.3. The lowest BCUT2D eigenvalue weighted by molar-refractivity contribution is -0.383. The van der Waals surface area contributed by atoms with Gasteiger partial charge >= 0.3 is 0 Å². The molecule has 11 heteroatoms. The number of fused-ring (bicyclic) bond motifs is 1. The number of aromatic nitrogens is 3. The predicted molar refractivity (Wildman–Crippen MR) is 104 cm³/mol. The summed E-state index contributed by atoms with van der Waals surface area (Å²) in [5, 5.41) is 14.2. The number of alkyl halides is 1. The van der Waals surface area contributed by atoms with Gasteiger partial charge in [-0.25, -0.2) is 14.4 Å². The number of nitro benzene ring substituents is 1. The van der Waals surface area contributed by atoms with E-state index in [4.69, 9.17) is 16.3 Å². The lowest BCUT2D eigenvalue weighted by Crippen LogP contribution is -2.30. The molecular weight excluding hydrogens is 405 g/mol. The Morgan fingerprint density at radius 1 is 1.45 bits per heavy atom. The van der Waals surface area contributed by atoms with Gasteiger partial charge in [-0.15, -0.1) is 0 Å². The zero-order valence-electron chi connectivity index (χ0n) is 15.3. The normalized spacial score (nSPS) is 12.0. The van der Waals surface area contributed by atoms with E-state index in [1.54, 1.807) is 19.1 Å². The molecule has 0 fully saturated rings. The van der Waals surface area contributed by atoms with Gasteiger partial charge in [-0.2, -0.15) is 0 Å². The maximum absolute atomic E-state index is 12.5. The van der Waals surface area contributed by atoms with Crippen molar-refractivity contribution in [3.8, 4) is 5.88 Å². The van der Waals surface area contributed by atoms with E-state index in [1.165, 1.54) is 29.2 Å². The van der Waals surface area contributed by atoms with E-state index in [1.807, 2.05) is 0 Å². The molecule has 3 aromatic rings. The van der Waals surface area contributed by atoms with Crippen molar-refractivity contribution < 1.29 is 18.8 Å². The van der Waals surface area contributed by atoms with Gasteiger partial charge < -0.3 is 14.6 Å². The van der Waals surface area contributed by atoms with Crippen LogP contribution >= 0.6 is 11.6 Å². The number of non-ortho nitro benzene ring substituents is 1. The smallest absolute Gasteiger partial charge is 0.295 e. The lowest BCUT2D eigenvalue weighted by atomic mass is 10.1. The zero-order valence-corrected chi connectivity index (χ0v) is 16.1. The highest BCUT2D eigenvalue weighted by Gasteiger charge is 2.19. The number of imidazole rings is 1. The van der Waals surface area contributed by atoms with Crippen LogP contribution < -0.4 is 10.1 Å². The van der Waals surface area contributed by atoms with Crippen LogP contribution in [0.1, 0.15) is 18.5 Å². The zero-order chi connectivity index (χ0) is 21.0. The monoisotopic (exact) mass is 421 g/mol. The highest BCUT2D eigenvalue weighted by atomic mass is 35.5. The van der Waals surface area contributed by atoms with Gasteiger partial charge in [-0.3, -0.25) is 14.9 Å². The second-order valence-electron chi connectivity index (χ2n) is 6.16. The van der Waals surface area contributed by atoms with Gasteiger partial charge in [0.1, 0.15) is 30.4 Å². The van der Waals surface area contributed by atoms with Gasteiger partial charge in [0.25, 0.3) is 5.69 Å². The Morgan fingerprint density at radius 3 is 2.93 bits per heavy atom. The number of carbonyl (C=O) groups is 1. The molecule has 0 bridgehead atoms. The fraction of sp³-hybridized carbons (Fsp3) is 0.278. The van der Waals surface area contributed by atoms with Crippen LogP contribution in [0, 0.1) is 10.1 Å². The van der Waals surface area contributed by atoms with Crippen molar-refractivity contribution in [2.75, 3.05) is 13.3 Å². The average Bonchev–Trinajstić information content (AvgIpc) is 3.09. The summed E-state index contributed by atoms with van der Waals surface area (Å²) in [5.41, 5.74) is 1.21.